The summed E-state index contributed by atoms with van der Waals surface area (Å²) in [6.45, 7) is 2.61. The lowest BCUT2D eigenvalue weighted by Gasteiger charge is -2.07. The molecule has 0 aliphatic heterocycles. The first kappa shape index (κ1) is 16.1. The van der Waals surface area contributed by atoms with Crippen molar-refractivity contribution in [3.05, 3.63) is 68.8 Å². The van der Waals surface area contributed by atoms with Crippen LogP contribution < -0.4 is 5.32 Å². The number of hydrogen-bond acceptors (Lipinski definition) is 1. The summed E-state index contributed by atoms with van der Waals surface area (Å²) in [4.78, 5) is 15.6. The highest BCUT2D eigenvalue weighted by atomic mass is 79.9. The Morgan fingerprint density at radius 2 is 2.04 bits per heavy atom. The molecule has 0 radical (unpaired) electrons. The molecule has 3 aromatic rings. The zero-order valence-electron chi connectivity index (χ0n) is 12.6. The molecule has 0 saturated heterocycles. The number of amides is 1. The third-order valence-electron chi connectivity index (χ3n) is 3.86. The highest BCUT2D eigenvalue weighted by Crippen LogP contribution is 2.25. The fourth-order valence-electron chi connectivity index (χ4n) is 2.72. The maximum absolute atomic E-state index is 12.2. The maximum atomic E-state index is 12.2. The van der Waals surface area contributed by atoms with Gasteiger partial charge in [0, 0.05) is 32.6 Å². The molecule has 0 atom stereocenters. The summed E-state index contributed by atoms with van der Waals surface area (Å²) in [6, 6.07) is 13.2. The maximum Gasteiger partial charge on any atom is 0.252 e. The van der Waals surface area contributed by atoms with Gasteiger partial charge in [0.1, 0.15) is 0 Å². The minimum atomic E-state index is -0.0759. The Morgan fingerprint density at radius 3 is 2.83 bits per heavy atom. The molecule has 0 spiro atoms. The Balaban J connectivity index is 1.72. The van der Waals surface area contributed by atoms with Crippen LogP contribution in [-0.4, -0.2) is 17.4 Å². The Kier molecular flexibility index (Phi) is 4.74. The fourth-order valence-corrected chi connectivity index (χ4v) is 3.36. The van der Waals surface area contributed by atoms with E-state index in [2.05, 4.69) is 26.2 Å². The molecule has 0 aliphatic carbocycles. The quantitative estimate of drug-likeness (QED) is 0.655. The normalized spacial score (nSPS) is 10.9. The first-order valence-corrected chi connectivity index (χ1v) is 8.53. The van der Waals surface area contributed by atoms with Crippen LogP contribution >= 0.6 is 27.5 Å². The molecule has 3 nitrogen and oxygen atoms in total. The minimum Gasteiger partial charge on any atom is -0.358 e. The van der Waals surface area contributed by atoms with Gasteiger partial charge in [0.15, 0.2) is 0 Å². The summed E-state index contributed by atoms with van der Waals surface area (Å²) >= 11 is 9.49. The predicted molar refractivity (Wildman–Crippen MR) is 98.2 cm³/mol. The molecule has 5 heteroatoms. The third kappa shape index (κ3) is 3.43. The molecule has 2 aromatic carbocycles. The molecule has 0 fully saturated rings. The van der Waals surface area contributed by atoms with E-state index in [1.165, 1.54) is 5.56 Å². The van der Waals surface area contributed by atoms with E-state index in [0.29, 0.717) is 12.1 Å². The van der Waals surface area contributed by atoms with Crippen molar-refractivity contribution in [1.82, 2.24) is 10.3 Å². The van der Waals surface area contributed by atoms with Gasteiger partial charge in [-0.2, -0.15) is 0 Å². The van der Waals surface area contributed by atoms with Gasteiger partial charge in [0.05, 0.1) is 5.56 Å². The van der Waals surface area contributed by atoms with Gasteiger partial charge in [-0.25, -0.2) is 0 Å². The van der Waals surface area contributed by atoms with Crippen molar-refractivity contribution in [3.63, 3.8) is 0 Å². The molecular weight excluding hydrogens is 376 g/mol. The van der Waals surface area contributed by atoms with E-state index in [9.17, 15) is 4.79 Å². The zero-order valence-corrected chi connectivity index (χ0v) is 15.0. The van der Waals surface area contributed by atoms with Gasteiger partial charge in [0.25, 0.3) is 5.91 Å². The summed E-state index contributed by atoms with van der Waals surface area (Å²) in [5.74, 6) is -0.0759. The smallest absolute Gasteiger partial charge is 0.252 e. The Labute approximate surface area is 148 Å². The first-order valence-electron chi connectivity index (χ1n) is 7.35. The SMILES string of the molecule is Cc1[nH]c2ccc(Cl)cc2c1CCNC(=O)c1ccccc1Br. The van der Waals surface area contributed by atoms with Crippen LogP contribution in [0.5, 0.6) is 0 Å². The number of aromatic nitrogens is 1. The summed E-state index contributed by atoms with van der Waals surface area (Å²) in [6.07, 6.45) is 0.752. The van der Waals surface area contributed by atoms with E-state index in [1.807, 2.05) is 43.3 Å². The van der Waals surface area contributed by atoms with Crippen molar-refractivity contribution in [2.75, 3.05) is 6.54 Å². The van der Waals surface area contributed by atoms with Crippen LogP contribution in [0.3, 0.4) is 0 Å². The fraction of sp³-hybridized carbons (Fsp3) is 0.167. The molecular formula is C18H16BrClN2O. The number of rotatable bonds is 4. The summed E-state index contributed by atoms with van der Waals surface area (Å²) in [5, 5.41) is 4.80. The van der Waals surface area contributed by atoms with Crippen LogP contribution in [0.25, 0.3) is 10.9 Å². The van der Waals surface area contributed by atoms with Gasteiger partial charge in [-0.3, -0.25) is 4.79 Å². The van der Waals surface area contributed by atoms with Crippen LogP contribution in [-0.2, 0) is 6.42 Å². The summed E-state index contributed by atoms with van der Waals surface area (Å²) in [7, 11) is 0. The molecule has 1 heterocycles. The number of aromatic amines is 1. The summed E-state index contributed by atoms with van der Waals surface area (Å²) in [5.41, 5.74) is 4.01. The third-order valence-corrected chi connectivity index (χ3v) is 4.79. The van der Waals surface area contributed by atoms with Crippen molar-refractivity contribution >= 4 is 44.3 Å². The van der Waals surface area contributed by atoms with Crippen molar-refractivity contribution in [2.24, 2.45) is 0 Å². The number of hydrogen-bond donors (Lipinski definition) is 2. The van der Waals surface area contributed by atoms with Crippen LogP contribution in [0.2, 0.25) is 5.02 Å². The second-order valence-electron chi connectivity index (χ2n) is 5.40. The van der Waals surface area contributed by atoms with E-state index in [-0.39, 0.29) is 5.91 Å². The Morgan fingerprint density at radius 1 is 1.26 bits per heavy atom. The summed E-state index contributed by atoms with van der Waals surface area (Å²) < 4.78 is 0.799. The predicted octanol–water partition coefficient (Wildman–Crippen LogP) is 4.86. The van der Waals surface area contributed by atoms with Crippen LogP contribution in [0, 0.1) is 6.92 Å². The van der Waals surface area contributed by atoms with Crippen molar-refractivity contribution in [3.8, 4) is 0 Å². The number of benzene rings is 2. The number of carbonyl (C=O) groups excluding carboxylic acids is 1. The average molecular weight is 392 g/mol. The average Bonchev–Trinajstić information content (AvgIpc) is 2.83. The molecule has 118 valence electrons. The van der Waals surface area contributed by atoms with Gasteiger partial charge in [-0.1, -0.05) is 23.7 Å². The topological polar surface area (TPSA) is 44.9 Å². The van der Waals surface area contributed by atoms with E-state index in [4.69, 9.17) is 11.6 Å². The molecule has 0 unspecified atom stereocenters. The first-order chi connectivity index (χ1) is 11.1. The highest BCUT2D eigenvalue weighted by Gasteiger charge is 2.11. The Bertz CT molecular complexity index is 873. The minimum absolute atomic E-state index is 0.0759. The number of halogens is 2. The molecule has 0 aliphatic rings. The zero-order chi connectivity index (χ0) is 16.4. The molecule has 1 aromatic heterocycles. The van der Waals surface area contributed by atoms with Crippen molar-refractivity contribution < 1.29 is 4.79 Å². The number of fused-ring (bicyclic) bond motifs is 1. The van der Waals surface area contributed by atoms with Gasteiger partial charge < -0.3 is 10.3 Å². The number of aryl methyl sites for hydroxylation is 1. The molecule has 2 N–H and O–H groups in total. The van der Waals surface area contributed by atoms with Crippen LogP contribution in [0.1, 0.15) is 21.6 Å². The molecule has 0 saturated carbocycles. The van der Waals surface area contributed by atoms with E-state index in [0.717, 1.165) is 32.5 Å². The lowest BCUT2D eigenvalue weighted by molar-refractivity contribution is 0.0953. The lowest BCUT2D eigenvalue weighted by Crippen LogP contribution is -2.26. The van der Waals surface area contributed by atoms with E-state index >= 15 is 0 Å². The van der Waals surface area contributed by atoms with Crippen molar-refractivity contribution in [2.45, 2.75) is 13.3 Å². The van der Waals surface area contributed by atoms with Crippen LogP contribution in [0.4, 0.5) is 0 Å². The van der Waals surface area contributed by atoms with Gasteiger partial charge in [-0.15, -0.1) is 0 Å². The van der Waals surface area contributed by atoms with Crippen molar-refractivity contribution in [1.29, 1.82) is 0 Å². The van der Waals surface area contributed by atoms with E-state index < -0.39 is 0 Å². The van der Waals surface area contributed by atoms with Crippen LogP contribution in [0.15, 0.2) is 46.9 Å². The van der Waals surface area contributed by atoms with Gasteiger partial charge in [0.2, 0.25) is 0 Å². The highest BCUT2D eigenvalue weighted by molar-refractivity contribution is 9.10. The van der Waals surface area contributed by atoms with Gasteiger partial charge in [-0.05, 0) is 65.2 Å². The Hall–Kier alpha value is -1.78. The largest absolute Gasteiger partial charge is 0.358 e. The molecule has 3 rings (SSSR count). The van der Waals surface area contributed by atoms with Gasteiger partial charge >= 0.3 is 0 Å². The molecule has 0 bridgehead atoms. The number of nitrogens with one attached hydrogen (secondary N) is 2. The number of carbonyl (C=O) groups is 1. The number of H-pyrrole nitrogens is 1. The monoisotopic (exact) mass is 390 g/mol. The molecule has 1 amide bonds. The standard InChI is InChI=1S/C18H16BrClN2O/c1-11-13(15-10-12(20)6-7-17(15)22-11)8-9-21-18(23)14-4-2-3-5-16(14)19/h2-7,10,22H,8-9H2,1H3,(H,21,23). The lowest BCUT2D eigenvalue weighted by atomic mass is 10.1. The molecule has 23 heavy (non-hydrogen) atoms. The second kappa shape index (κ2) is 6.77. The second-order valence-corrected chi connectivity index (χ2v) is 6.69. The van der Waals surface area contributed by atoms with E-state index in [1.54, 1.807) is 6.07 Å².